The van der Waals surface area contributed by atoms with Crippen LogP contribution in [0, 0.1) is 5.41 Å². The lowest BCUT2D eigenvalue weighted by Crippen LogP contribution is -2.36. The monoisotopic (exact) mass is 139 g/mol. The molecule has 1 N–H and O–H groups in total. The summed E-state index contributed by atoms with van der Waals surface area (Å²) in [5.41, 5.74) is -0.0529. The van der Waals surface area contributed by atoms with Crippen molar-refractivity contribution in [2.45, 2.75) is 20.8 Å². The normalized spacial score (nSPS) is 17.1. The van der Waals surface area contributed by atoms with E-state index in [1.807, 2.05) is 20.8 Å². The topological polar surface area (TPSA) is 43.2 Å². The van der Waals surface area contributed by atoms with Crippen molar-refractivity contribution in [2.75, 3.05) is 0 Å². The zero-order valence-electron chi connectivity index (χ0n) is 6.43. The number of nitrogens with zero attached hydrogens (tertiary/aromatic N) is 1. The van der Waals surface area contributed by atoms with Crippen LogP contribution in [-0.2, 0) is 4.79 Å². The number of amidine groups is 1. The number of carbonyl (C=O) groups excluding carboxylic acids is 1. The predicted octanol–water partition coefficient (Wildman–Crippen LogP) is -0.301. The lowest BCUT2D eigenvalue weighted by atomic mass is 9.95. The van der Waals surface area contributed by atoms with E-state index in [9.17, 15) is 4.79 Å². The smallest absolute Gasteiger partial charge is 0.236 e. The van der Waals surface area contributed by atoms with Crippen LogP contribution in [0.5, 0.6) is 0 Å². The highest BCUT2D eigenvalue weighted by Gasteiger charge is 2.33. The van der Waals surface area contributed by atoms with Crippen molar-refractivity contribution in [1.29, 1.82) is 0 Å². The predicted molar refractivity (Wildman–Crippen MR) is 40.8 cm³/mol. The van der Waals surface area contributed by atoms with Gasteiger partial charge >= 0.3 is 11.7 Å². The molecule has 0 radical (unpaired) electrons. The van der Waals surface area contributed by atoms with E-state index in [2.05, 4.69) is 9.98 Å². The van der Waals surface area contributed by atoms with Crippen molar-refractivity contribution >= 4 is 18.0 Å². The molecular weight excluding hydrogens is 128 g/mol. The molecule has 0 atom stereocenters. The maximum atomic E-state index is 10.6. The van der Waals surface area contributed by atoms with Crippen LogP contribution in [0.15, 0.2) is 0 Å². The Morgan fingerprint density at radius 2 is 2.10 bits per heavy atom. The number of amides is 1. The summed E-state index contributed by atoms with van der Waals surface area (Å²) in [5, 5.41) is 2.65. The molecule has 0 aliphatic carbocycles. The molecule has 1 aliphatic heterocycles. The van der Waals surface area contributed by atoms with E-state index in [1.165, 1.54) is 6.21 Å². The molecule has 3 nitrogen and oxygen atoms in total. The molecule has 0 aromatic carbocycles. The average Bonchev–Trinajstić information content (AvgIpc) is 2.11. The Labute approximate surface area is 59.9 Å². The largest absolute Gasteiger partial charge is 0.388 e. The molecule has 3 heteroatoms. The Bertz CT molecular complexity index is 228. The van der Waals surface area contributed by atoms with Crippen LogP contribution >= 0.6 is 0 Å². The molecule has 0 spiro atoms. The third kappa shape index (κ3) is 1.25. The molecule has 0 aromatic rings. The highest BCUT2D eigenvalue weighted by Crippen LogP contribution is 2.12. The van der Waals surface area contributed by atoms with Crippen molar-refractivity contribution in [1.82, 2.24) is 9.98 Å². The van der Waals surface area contributed by atoms with E-state index in [0.29, 0.717) is 0 Å². The second-order valence-electron chi connectivity index (χ2n) is 3.35. The third-order valence-corrected chi connectivity index (χ3v) is 1.26. The summed E-state index contributed by atoms with van der Waals surface area (Å²) in [6.07, 6.45) is 1.31. The molecule has 1 rings (SSSR count). The summed E-state index contributed by atoms with van der Waals surface area (Å²) >= 11 is 0. The van der Waals surface area contributed by atoms with Gasteiger partial charge in [-0.25, -0.2) is 9.46 Å². The summed E-state index contributed by atoms with van der Waals surface area (Å²) in [6.45, 7) is 6.02. The van der Waals surface area contributed by atoms with Gasteiger partial charge in [-0.15, -0.1) is 0 Å². The van der Waals surface area contributed by atoms with Crippen LogP contribution in [0.4, 0.5) is 0 Å². The van der Waals surface area contributed by atoms with Crippen molar-refractivity contribution in [3.8, 4) is 0 Å². The second-order valence-corrected chi connectivity index (χ2v) is 3.35. The van der Waals surface area contributed by atoms with Gasteiger partial charge in [-0.05, 0) is 20.8 Å². The first-order chi connectivity index (χ1) is 4.50. The summed E-state index contributed by atoms with van der Waals surface area (Å²) in [5.74, 6) is 0.627. The first kappa shape index (κ1) is 7.03. The SMILES string of the molecule is CC(C)(C)C1=[N+]=CC(=O)N1. The van der Waals surface area contributed by atoms with Gasteiger partial charge in [0.15, 0.2) is 0 Å². The van der Waals surface area contributed by atoms with Crippen molar-refractivity contribution in [3.63, 3.8) is 0 Å². The number of carbonyl (C=O) groups is 1. The minimum atomic E-state index is -0.120. The van der Waals surface area contributed by atoms with Crippen LogP contribution in [0.25, 0.3) is 0 Å². The van der Waals surface area contributed by atoms with E-state index < -0.39 is 0 Å². The Balaban J connectivity index is 2.81. The molecule has 0 fully saturated rings. The quantitative estimate of drug-likeness (QED) is 0.460. The Morgan fingerprint density at radius 1 is 1.50 bits per heavy atom. The van der Waals surface area contributed by atoms with Crippen LogP contribution in [0.1, 0.15) is 20.8 Å². The van der Waals surface area contributed by atoms with E-state index in [-0.39, 0.29) is 11.3 Å². The number of hydrogen-bond acceptors (Lipinski definition) is 1. The van der Waals surface area contributed by atoms with Gasteiger partial charge in [0.25, 0.3) is 6.21 Å². The highest BCUT2D eigenvalue weighted by molar-refractivity contribution is 6.34. The number of nitrogens with one attached hydrogen (secondary N) is 1. The van der Waals surface area contributed by atoms with Gasteiger partial charge in [0.05, 0.1) is 5.41 Å². The molecule has 0 saturated heterocycles. The first-order valence-corrected chi connectivity index (χ1v) is 3.22. The van der Waals surface area contributed by atoms with Crippen LogP contribution < -0.4 is 9.98 Å². The lowest BCUT2D eigenvalue weighted by Gasteiger charge is -2.08. The summed E-state index contributed by atoms with van der Waals surface area (Å²) in [7, 11) is 0. The number of rotatable bonds is 0. The zero-order chi connectivity index (χ0) is 7.78. The minimum Gasteiger partial charge on any atom is -0.236 e. The molecule has 0 bridgehead atoms. The lowest BCUT2D eigenvalue weighted by molar-refractivity contribution is -0.113. The van der Waals surface area contributed by atoms with Gasteiger partial charge < -0.3 is 0 Å². The molecule has 54 valence electrons. The molecule has 0 aromatic heterocycles. The van der Waals surface area contributed by atoms with Crippen LogP contribution in [0.3, 0.4) is 0 Å². The Kier molecular flexibility index (Phi) is 1.38. The molecule has 1 heterocycles. The molecule has 0 unspecified atom stereocenters. The average molecular weight is 139 g/mol. The maximum absolute atomic E-state index is 10.6. The molecule has 1 aliphatic rings. The van der Waals surface area contributed by atoms with Crippen LogP contribution in [-0.4, -0.2) is 18.0 Å². The second kappa shape index (κ2) is 1.96. The Morgan fingerprint density at radius 3 is 2.30 bits per heavy atom. The first-order valence-electron chi connectivity index (χ1n) is 3.22. The fraction of sp³-hybridized carbons (Fsp3) is 0.571. The van der Waals surface area contributed by atoms with E-state index in [1.54, 1.807) is 0 Å². The molecule has 1 amide bonds. The minimum absolute atomic E-state index is 0.0529. The summed E-state index contributed by atoms with van der Waals surface area (Å²) < 4.78 is 3.92. The van der Waals surface area contributed by atoms with Gasteiger partial charge in [-0.1, -0.05) is 0 Å². The summed E-state index contributed by atoms with van der Waals surface area (Å²) in [4.78, 5) is 10.6. The highest BCUT2D eigenvalue weighted by atomic mass is 16.1. The fourth-order valence-corrected chi connectivity index (χ4v) is 0.686. The van der Waals surface area contributed by atoms with Crippen molar-refractivity contribution in [2.24, 2.45) is 5.41 Å². The molecule has 10 heavy (non-hydrogen) atoms. The molecular formula is C7H11N2O+. The fourth-order valence-electron chi connectivity index (χ4n) is 0.686. The Hall–Kier alpha value is -1.08. The zero-order valence-corrected chi connectivity index (χ0v) is 6.43. The standard InChI is InChI=1S/C7H10N2O/c1-7(2,3)6-8-4-5(10)9-6/h4H,1-3H3/p+1. The van der Waals surface area contributed by atoms with Gasteiger partial charge in [-0.2, -0.15) is 5.32 Å². The third-order valence-electron chi connectivity index (χ3n) is 1.26. The van der Waals surface area contributed by atoms with E-state index in [0.717, 1.165) is 5.84 Å². The van der Waals surface area contributed by atoms with Gasteiger partial charge in [0, 0.05) is 0 Å². The van der Waals surface area contributed by atoms with Crippen molar-refractivity contribution < 1.29 is 4.79 Å². The maximum Gasteiger partial charge on any atom is 0.388 e. The summed E-state index contributed by atoms with van der Waals surface area (Å²) in [6, 6.07) is 0. The van der Waals surface area contributed by atoms with Gasteiger partial charge in [0.1, 0.15) is 0 Å². The van der Waals surface area contributed by atoms with Gasteiger partial charge in [0.2, 0.25) is 0 Å². The number of hydrogen-bond donors (Lipinski definition) is 1. The van der Waals surface area contributed by atoms with E-state index in [4.69, 9.17) is 0 Å². The van der Waals surface area contributed by atoms with Crippen molar-refractivity contribution in [3.05, 3.63) is 0 Å². The van der Waals surface area contributed by atoms with Gasteiger partial charge in [-0.3, -0.25) is 0 Å². The molecule has 0 saturated carbocycles. The van der Waals surface area contributed by atoms with E-state index >= 15 is 0 Å². The van der Waals surface area contributed by atoms with Crippen LogP contribution in [0.2, 0.25) is 0 Å².